The van der Waals surface area contributed by atoms with E-state index in [9.17, 15) is 18.0 Å². The quantitative estimate of drug-likeness (QED) is 0.182. The van der Waals surface area contributed by atoms with Gasteiger partial charge in [0.05, 0.1) is 16.6 Å². The molecule has 2 amide bonds. The van der Waals surface area contributed by atoms with E-state index in [-0.39, 0.29) is 17.8 Å². The number of hydrogen-bond acceptors (Lipinski definition) is 7. The van der Waals surface area contributed by atoms with Gasteiger partial charge < -0.3 is 25.8 Å². The topological polar surface area (TPSA) is 117 Å². The van der Waals surface area contributed by atoms with Crippen molar-refractivity contribution in [3.05, 3.63) is 72.4 Å². The minimum absolute atomic E-state index is 0.0457. The minimum atomic E-state index is -4.56. The fourth-order valence-electron chi connectivity index (χ4n) is 6.07. The second-order valence-corrected chi connectivity index (χ2v) is 11.7. The number of pyridine rings is 1. The number of rotatable bonds is 6. The average molecular weight is 646 g/mol. The Labute approximate surface area is 270 Å². The van der Waals surface area contributed by atoms with Gasteiger partial charge in [0.1, 0.15) is 17.8 Å². The van der Waals surface area contributed by atoms with Gasteiger partial charge in [0.15, 0.2) is 0 Å². The van der Waals surface area contributed by atoms with Gasteiger partial charge in [0.2, 0.25) is 0 Å². The minimum Gasteiger partial charge on any atom is -0.383 e. The Morgan fingerprint density at radius 2 is 1.74 bits per heavy atom. The molecule has 47 heavy (non-hydrogen) atoms. The van der Waals surface area contributed by atoms with E-state index in [4.69, 9.17) is 5.73 Å². The fraction of sp³-hybridized carbons (Fsp3) is 0.353. The van der Waals surface area contributed by atoms with Gasteiger partial charge >= 0.3 is 12.2 Å². The maximum absolute atomic E-state index is 14.1. The first-order valence-corrected chi connectivity index (χ1v) is 15.8. The first-order chi connectivity index (χ1) is 22.7. The number of piperazine rings is 1. The molecule has 2 aromatic carbocycles. The zero-order valence-electron chi connectivity index (χ0n) is 26.6. The van der Waals surface area contributed by atoms with E-state index in [2.05, 4.69) is 35.1 Å². The lowest BCUT2D eigenvalue weighted by molar-refractivity contribution is -0.138. The molecule has 1 aliphatic carbocycles. The molecule has 1 aliphatic heterocycles. The molecular weight excluding hydrogens is 607 g/mol. The number of urea groups is 1. The first kappa shape index (κ1) is 32.2. The number of fused-ring (bicyclic) bond motifs is 2. The van der Waals surface area contributed by atoms with E-state index in [0.717, 1.165) is 59.5 Å². The number of amides is 2. The Hall–Kier alpha value is -4.75. The Morgan fingerprint density at radius 1 is 0.979 bits per heavy atom. The van der Waals surface area contributed by atoms with E-state index >= 15 is 0 Å². The van der Waals surface area contributed by atoms with Crippen molar-refractivity contribution in [2.75, 3.05) is 49.6 Å². The van der Waals surface area contributed by atoms with Gasteiger partial charge in [-0.1, -0.05) is 26.0 Å². The number of nitrogens with one attached hydrogen (secondary N) is 2. The smallest absolute Gasteiger partial charge is 0.383 e. The first-order valence-electron chi connectivity index (χ1n) is 15.8. The summed E-state index contributed by atoms with van der Waals surface area (Å²) in [6, 6.07) is 9.12. The van der Waals surface area contributed by atoms with Crippen molar-refractivity contribution in [2.24, 2.45) is 0 Å². The zero-order chi connectivity index (χ0) is 33.3. The van der Waals surface area contributed by atoms with Crippen molar-refractivity contribution in [1.82, 2.24) is 29.3 Å². The largest absolute Gasteiger partial charge is 0.416 e. The molecule has 0 radical (unpaired) electrons. The number of nitrogen functional groups attached to an aromatic ring is 1. The van der Waals surface area contributed by atoms with E-state index in [0.29, 0.717) is 36.0 Å². The Kier molecular flexibility index (Phi) is 9.02. The number of carbonyl (C=O) groups excluding carboxylic acids is 1. The van der Waals surface area contributed by atoms with Gasteiger partial charge in [0, 0.05) is 74.0 Å². The number of halogens is 3. The molecule has 4 N–H and O–H groups in total. The second-order valence-electron chi connectivity index (χ2n) is 11.7. The van der Waals surface area contributed by atoms with E-state index in [1.54, 1.807) is 18.5 Å². The molecule has 2 aliphatic rings. The van der Waals surface area contributed by atoms with Gasteiger partial charge in [0.25, 0.3) is 0 Å². The van der Waals surface area contributed by atoms with Crippen LogP contribution in [0.25, 0.3) is 32.9 Å². The summed E-state index contributed by atoms with van der Waals surface area (Å²) in [5, 5.41) is 7.61. The highest BCUT2D eigenvalue weighted by molar-refractivity contribution is 6.13. The van der Waals surface area contributed by atoms with Gasteiger partial charge in [-0.2, -0.15) is 13.2 Å². The van der Waals surface area contributed by atoms with Crippen molar-refractivity contribution in [3.8, 4) is 11.1 Å². The van der Waals surface area contributed by atoms with Crippen molar-refractivity contribution < 1.29 is 18.0 Å². The molecule has 0 spiro atoms. The molecule has 0 unspecified atom stereocenters. The number of benzene rings is 2. The van der Waals surface area contributed by atoms with Crippen molar-refractivity contribution >= 4 is 45.0 Å². The summed E-state index contributed by atoms with van der Waals surface area (Å²) in [6.45, 7) is 7.19. The van der Waals surface area contributed by atoms with Crippen LogP contribution in [0.2, 0.25) is 0 Å². The highest BCUT2D eigenvalue weighted by Gasteiger charge is 2.34. The molecule has 246 valence electrons. The predicted octanol–water partition coefficient (Wildman–Crippen LogP) is 7.00. The maximum atomic E-state index is 14.1. The molecule has 0 bridgehead atoms. The Morgan fingerprint density at radius 3 is 2.47 bits per heavy atom. The summed E-state index contributed by atoms with van der Waals surface area (Å²) in [5.74, 6) is 0.381. The third-order valence-electron chi connectivity index (χ3n) is 8.60. The van der Waals surface area contributed by atoms with Crippen LogP contribution in [-0.4, -0.2) is 68.6 Å². The molecule has 1 saturated carbocycles. The zero-order valence-corrected chi connectivity index (χ0v) is 26.6. The maximum Gasteiger partial charge on any atom is 0.416 e. The number of anilines is 3. The SMILES string of the molecule is CC.CN1CCN(Cc2ccc(NC(=O)Nc3ccc(-c4cn(C5CC5)c5ncnc(N)c45)c4ccncc34)cc2C(F)(F)F)CC1. The number of alkyl halides is 3. The lowest BCUT2D eigenvalue weighted by atomic mass is 9.98. The average Bonchev–Trinajstić information content (AvgIpc) is 3.83. The molecule has 1 saturated heterocycles. The number of carbonyl (C=O) groups is 1. The third kappa shape index (κ3) is 6.72. The molecule has 5 aromatic rings. The standard InChI is InChI=1S/C32H32F3N9O.C2H6/c1-42-10-12-43(13-11-42)16-19-2-3-20(14-26(19)32(33,34)35)40-31(45)41-27-7-6-22(23-8-9-37-15-24(23)27)25-17-44(21-4-5-21)30-28(25)29(36)38-18-39-30;1-2/h2-3,6-9,14-15,17-18,21H,4-5,10-13,16H2,1H3,(H2,36,38,39)(H2,40,41,45);1-2H3. The van der Waals surface area contributed by atoms with Gasteiger partial charge in [-0.3, -0.25) is 9.88 Å². The van der Waals surface area contributed by atoms with Gasteiger partial charge in [-0.15, -0.1) is 0 Å². The van der Waals surface area contributed by atoms with E-state index in [1.165, 1.54) is 18.5 Å². The van der Waals surface area contributed by atoms with Gasteiger partial charge in [-0.25, -0.2) is 14.8 Å². The molecule has 2 fully saturated rings. The summed E-state index contributed by atoms with van der Waals surface area (Å²) in [4.78, 5) is 30.3. The molecule has 10 nitrogen and oxygen atoms in total. The van der Waals surface area contributed by atoms with Crippen LogP contribution >= 0.6 is 0 Å². The summed E-state index contributed by atoms with van der Waals surface area (Å²) >= 11 is 0. The molecule has 7 rings (SSSR count). The second kappa shape index (κ2) is 13.2. The monoisotopic (exact) mass is 645 g/mol. The highest BCUT2D eigenvalue weighted by Crippen LogP contribution is 2.44. The van der Waals surface area contributed by atoms with Crippen molar-refractivity contribution in [2.45, 2.75) is 45.5 Å². The molecular formula is C34H38F3N9O. The van der Waals surface area contributed by atoms with Crippen molar-refractivity contribution in [1.29, 1.82) is 0 Å². The normalized spacial score (nSPS) is 15.8. The van der Waals surface area contributed by atoms with Crippen LogP contribution in [0.5, 0.6) is 0 Å². The summed E-state index contributed by atoms with van der Waals surface area (Å²) in [6.07, 6.45) is 4.39. The van der Waals surface area contributed by atoms with Crippen LogP contribution in [0.1, 0.15) is 43.9 Å². The van der Waals surface area contributed by atoms with Crippen LogP contribution in [0.3, 0.4) is 0 Å². The Bertz CT molecular complexity index is 1910. The van der Waals surface area contributed by atoms with E-state index in [1.807, 2.05) is 44.1 Å². The summed E-state index contributed by atoms with van der Waals surface area (Å²) in [5.41, 5.74) is 8.77. The van der Waals surface area contributed by atoms with Crippen LogP contribution in [0, 0.1) is 0 Å². The lowest BCUT2D eigenvalue weighted by Gasteiger charge is -2.33. The lowest BCUT2D eigenvalue weighted by Crippen LogP contribution is -2.44. The molecule has 4 heterocycles. The molecule has 0 atom stereocenters. The number of aromatic nitrogens is 4. The number of nitrogens with zero attached hydrogens (tertiary/aromatic N) is 6. The number of hydrogen-bond donors (Lipinski definition) is 3. The van der Waals surface area contributed by atoms with Crippen LogP contribution in [0.15, 0.2) is 61.3 Å². The molecule has 3 aromatic heterocycles. The number of nitrogens with two attached hydrogens (primary N) is 1. The number of likely N-dealkylation sites (N-methyl/N-ethyl adjacent to an activating group) is 1. The summed E-state index contributed by atoms with van der Waals surface area (Å²) < 4.78 is 44.4. The third-order valence-corrected chi connectivity index (χ3v) is 8.60. The van der Waals surface area contributed by atoms with Crippen molar-refractivity contribution in [3.63, 3.8) is 0 Å². The van der Waals surface area contributed by atoms with E-state index < -0.39 is 17.8 Å². The van der Waals surface area contributed by atoms with Crippen LogP contribution in [0.4, 0.5) is 35.2 Å². The summed E-state index contributed by atoms with van der Waals surface area (Å²) in [7, 11) is 2.00. The predicted molar refractivity (Wildman–Crippen MR) is 179 cm³/mol. The van der Waals surface area contributed by atoms with Crippen LogP contribution < -0.4 is 16.4 Å². The molecule has 13 heteroatoms. The van der Waals surface area contributed by atoms with Crippen LogP contribution in [-0.2, 0) is 12.7 Å². The Balaban J connectivity index is 0.00000190. The highest BCUT2D eigenvalue weighted by atomic mass is 19.4. The fourth-order valence-corrected chi connectivity index (χ4v) is 6.07. The van der Waals surface area contributed by atoms with Gasteiger partial charge in [-0.05, 0) is 60.7 Å².